The van der Waals surface area contributed by atoms with E-state index in [1.165, 1.54) is 166 Å². The van der Waals surface area contributed by atoms with E-state index in [-0.39, 0.29) is 0 Å². The van der Waals surface area contributed by atoms with Crippen LogP contribution in [0, 0.1) is 0 Å². The van der Waals surface area contributed by atoms with Gasteiger partial charge in [0.2, 0.25) is 0 Å². The van der Waals surface area contributed by atoms with E-state index in [2.05, 4.69) is 42.4 Å². The van der Waals surface area contributed by atoms with Crippen LogP contribution in [0.3, 0.4) is 0 Å². The number of hydrogen-bond acceptors (Lipinski definition) is 0. The first-order valence-electron chi connectivity index (χ1n) is 15.3. The van der Waals surface area contributed by atoms with Crippen molar-refractivity contribution in [3.8, 4) is 0 Å². The van der Waals surface area contributed by atoms with Gasteiger partial charge >= 0.3 is 0 Å². The van der Waals surface area contributed by atoms with Gasteiger partial charge in [-0.3, -0.25) is 0 Å². The fourth-order valence-corrected chi connectivity index (χ4v) is 5.15. The molecule has 0 spiro atoms. The maximum atomic E-state index is 2.53. The molecule has 194 valence electrons. The van der Waals surface area contributed by atoms with Crippen LogP contribution in [-0.2, 0) is 20.0 Å². The molecule has 0 unspecified atom stereocenters. The van der Waals surface area contributed by atoms with Crippen molar-refractivity contribution in [3.05, 3.63) is 18.2 Å². The van der Waals surface area contributed by atoms with Crippen molar-refractivity contribution in [3.63, 3.8) is 0 Å². The molecule has 0 aliphatic carbocycles. The average Bonchev–Trinajstić information content (AvgIpc) is 3.17. The molecule has 0 atom stereocenters. The number of aromatic nitrogens is 2. The summed E-state index contributed by atoms with van der Waals surface area (Å²) in [5.74, 6) is 1.53. The Bertz CT molecular complexity index is 519. The molecule has 0 aliphatic heterocycles. The van der Waals surface area contributed by atoms with Gasteiger partial charge in [-0.2, -0.15) is 0 Å². The van der Waals surface area contributed by atoms with Crippen LogP contribution in [-0.4, -0.2) is 4.57 Å². The predicted octanol–water partition coefficient (Wildman–Crippen LogP) is 9.87. The highest BCUT2D eigenvalue weighted by molar-refractivity contribution is 4.84. The lowest BCUT2D eigenvalue weighted by atomic mass is 10.0. The van der Waals surface area contributed by atoms with E-state index in [1.807, 2.05) is 0 Å². The van der Waals surface area contributed by atoms with Crippen molar-refractivity contribution in [1.29, 1.82) is 0 Å². The molecule has 0 saturated heterocycles. The van der Waals surface area contributed by atoms with E-state index < -0.39 is 0 Å². The molecule has 0 aliphatic rings. The lowest BCUT2D eigenvalue weighted by Gasteiger charge is -2.05. The van der Waals surface area contributed by atoms with Gasteiger partial charge in [0.05, 0.1) is 13.6 Å². The highest BCUT2D eigenvalue weighted by Crippen LogP contribution is 2.15. The minimum absolute atomic E-state index is 1.21. The zero-order valence-corrected chi connectivity index (χ0v) is 23.2. The first kappa shape index (κ1) is 30.2. The highest BCUT2D eigenvalue weighted by Gasteiger charge is 2.13. The predicted molar refractivity (Wildman–Crippen MR) is 147 cm³/mol. The Morgan fingerprint density at radius 1 is 0.515 bits per heavy atom. The SMILES string of the molecule is CCCCCCCCCCCCCCCCCCCn1cc[n+](C)c1CCCCCCCC. The van der Waals surface area contributed by atoms with Crippen LogP contribution in [0.5, 0.6) is 0 Å². The number of hydrogen-bond donors (Lipinski definition) is 0. The minimum atomic E-state index is 1.21. The third-order valence-electron chi connectivity index (χ3n) is 7.47. The Labute approximate surface area is 208 Å². The van der Waals surface area contributed by atoms with Crippen LogP contribution >= 0.6 is 0 Å². The zero-order chi connectivity index (χ0) is 23.8. The van der Waals surface area contributed by atoms with Crippen LogP contribution in [0.15, 0.2) is 12.4 Å². The maximum Gasteiger partial charge on any atom is 0.256 e. The Hall–Kier alpha value is -0.790. The smallest absolute Gasteiger partial charge is 0.237 e. The summed E-state index contributed by atoms with van der Waals surface area (Å²) in [5, 5.41) is 0. The second-order valence-corrected chi connectivity index (χ2v) is 10.7. The number of nitrogens with zero attached hydrogens (tertiary/aromatic N) is 2. The number of imidazole rings is 1. The van der Waals surface area contributed by atoms with Crippen molar-refractivity contribution in [2.24, 2.45) is 7.05 Å². The molecular formula is C31H61N2+. The number of unbranched alkanes of at least 4 members (excludes halogenated alkanes) is 21. The van der Waals surface area contributed by atoms with E-state index in [1.54, 1.807) is 0 Å². The molecule has 0 amide bonds. The maximum absolute atomic E-state index is 2.53. The van der Waals surface area contributed by atoms with Crippen LogP contribution in [0.1, 0.15) is 167 Å². The summed E-state index contributed by atoms with van der Waals surface area (Å²) in [7, 11) is 2.22. The van der Waals surface area contributed by atoms with E-state index in [0.717, 1.165) is 0 Å². The molecule has 1 rings (SSSR count). The Morgan fingerprint density at radius 3 is 1.30 bits per heavy atom. The summed E-state index contributed by atoms with van der Waals surface area (Å²) in [6.45, 7) is 5.81. The second kappa shape index (κ2) is 23.0. The molecular weight excluding hydrogens is 400 g/mol. The van der Waals surface area contributed by atoms with E-state index in [0.29, 0.717) is 0 Å². The largest absolute Gasteiger partial charge is 0.256 e. The van der Waals surface area contributed by atoms with Crippen LogP contribution in [0.4, 0.5) is 0 Å². The normalized spacial score (nSPS) is 11.5. The summed E-state index contributed by atoms with van der Waals surface area (Å²) >= 11 is 0. The topological polar surface area (TPSA) is 8.81 Å². The van der Waals surface area contributed by atoms with Gasteiger partial charge in [0.1, 0.15) is 12.4 Å². The van der Waals surface area contributed by atoms with E-state index in [9.17, 15) is 0 Å². The van der Waals surface area contributed by atoms with Crippen molar-refractivity contribution >= 4 is 0 Å². The van der Waals surface area contributed by atoms with Gasteiger partial charge in [0, 0.05) is 6.42 Å². The lowest BCUT2D eigenvalue weighted by molar-refractivity contribution is -0.678. The minimum Gasteiger partial charge on any atom is -0.237 e. The van der Waals surface area contributed by atoms with Crippen molar-refractivity contribution < 1.29 is 4.57 Å². The first-order valence-corrected chi connectivity index (χ1v) is 15.3. The summed E-state index contributed by atoms with van der Waals surface area (Å²) in [5.41, 5.74) is 0. The third kappa shape index (κ3) is 17.3. The molecule has 0 bridgehead atoms. The number of aryl methyl sites for hydroxylation is 2. The van der Waals surface area contributed by atoms with E-state index >= 15 is 0 Å². The monoisotopic (exact) mass is 461 g/mol. The van der Waals surface area contributed by atoms with Crippen LogP contribution in [0.25, 0.3) is 0 Å². The summed E-state index contributed by atoms with van der Waals surface area (Å²) < 4.78 is 4.87. The van der Waals surface area contributed by atoms with Gasteiger partial charge in [0.25, 0.3) is 5.82 Å². The molecule has 0 saturated carbocycles. The quantitative estimate of drug-likeness (QED) is 0.101. The Balaban J connectivity index is 1.90. The van der Waals surface area contributed by atoms with Gasteiger partial charge in [-0.1, -0.05) is 142 Å². The lowest BCUT2D eigenvalue weighted by Crippen LogP contribution is -2.32. The molecule has 0 N–H and O–H groups in total. The van der Waals surface area contributed by atoms with Gasteiger partial charge in [-0.25, -0.2) is 9.13 Å². The molecule has 2 nitrogen and oxygen atoms in total. The Kier molecular flexibility index (Phi) is 21.1. The van der Waals surface area contributed by atoms with Crippen molar-refractivity contribution in [2.45, 2.75) is 174 Å². The standard InChI is InChI=1S/C31H61N2/c1-4-6-8-10-12-13-14-15-16-17-18-19-20-21-22-24-26-28-33-30-29-32(3)31(33)27-25-23-11-9-7-5-2/h29-30H,4-28H2,1-3H3/q+1. The average molecular weight is 462 g/mol. The highest BCUT2D eigenvalue weighted by atomic mass is 15.1. The van der Waals surface area contributed by atoms with E-state index in [4.69, 9.17) is 0 Å². The molecule has 0 fully saturated rings. The van der Waals surface area contributed by atoms with Crippen molar-refractivity contribution in [2.75, 3.05) is 0 Å². The molecule has 33 heavy (non-hydrogen) atoms. The fraction of sp³-hybridized carbons (Fsp3) is 0.903. The third-order valence-corrected chi connectivity index (χ3v) is 7.47. The molecule has 0 aromatic carbocycles. The molecule has 1 aromatic rings. The van der Waals surface area contributed by atoms with Gasteiger partial charge in [0.15, 0.2) is 0 Å². The van der Waals surface area contributed by atoms with Gasteiger partial charge in [-0.15, -0.1) is 0 Å². The fourth-order valence-electron chi connectivity index (χ4n) is 5.15. The summed E-state index contributed by atoms with van der Waals surface area (Å²) in [6, 6.07) is 0. The molecule has 1 aromatic heterocycles. The zero-order valence-electron chi connectivity index (χ0n) is 23.2. The van der Waals surface area contributed by atoms with Crippen LogP contribution < -0.4 is 4.57 Å². The summed E-state index contributed by atoms with van der Waals surface area (Å²) in [4.78, 5) is 0. The van der Waals surface area contributed by atoms with Gasteiger partial charge < -0.3 is 0 Å². The van der Waals surface area contributed by atoms with Gasteiger partial charge in [-0.05, 0) is 19.3 Å². The summed E-state index contributed by atoms with van der Waals surface area (Å²) in [6.07, 6.45) is 38.7. The van der Waals surface area contributed by atoms with Crippen molar-refractivity contribution in [1.82, 2.24) is 4.57 Å². The Morgan fingerprint density at radius 2 is 0.879 bits per heavy atom. The second-order valence-electron chi connectivity index (χ2n) is 10.7. The van der Waals surface area contributed by atoms with Crippen LogP contribution in [0.2, 0.25) is 0 Å². The molecule has 2 heteroatoms. The molecule has 1 heterocycles. The molecule has 0 radical (unpaired) electrons. The number of rotatable bonds is 25. The first-order chi connectivity index (χ1) is 16.3.